The van der Waals surface area contributed by atoms with E-state index < -0.39 is 6.04 Å². The fraction of sp³-hybridized carbons (Fsp3) is 0.364. The SMILES string of the molecule is Cc1cc(OC(C)c2ccccc2)ccc1NC(=O)CNC(=O)[C@@H](N)C(C)C.Cl. The zero-order valence-electron chi connectivity index (χ0n) is 17.3. The molecule has 7 heteroatoms. The third-order valence-electron chi connectivity index (χ3n) is 4.50. The first-order valence-electron chi connectivity index (χ1n) is 9.43. The highest BCUT2D eigenvalue weighted by molar-refractivity contribution is 5.95. The number of hydrogen-bond acceptors (Lipinski definition) is 4. The molecule has 0 aromatic heterocycles. The highest BCUT2D eigenvalue weighted by Gasteiger charge is 2.17. The number of amides is 2. The van der Waals surface area contributed by atoms with Crippen LogP contribution in [0.4, 0.5) is 5.69 Å². The molecule has 4 N–H and O–H groups in total. The van der Waals surface area contributed by atoms with Crippen LogP contribution in [-0.2, 0) is 9.59 Å². The van der Waals surface area contributed by atoms with Crippen LogP contribution in [0.15, 0.2) is 48.5 Å². The zero-order chi connectivity index (χ0) is 20.7. The molecule has 0 spiro atoms. The van der Waals surface area contributed by atoms with E-state index in [9.17, 15) is 9.59 Å². The Kier molecular flexibility index (Phi) is 9.65. The minimum atomic E-state index is -0.627. The van der Waals surface area contributed by atoms with Gasteiger partial charge in [-0.3, -0.25) is 9.59 Å². The Bertz CT molecular complexity index is 812. The molecule has 1 unspecified atom stereocenters. The van der Waals surface area contributed by atoms with Crippen molar-refractivity contribution in [1.29, 1.82) is 0 Å². The van der Waals surface area contributed by atoms with Crippen molar-refractivity contribution in [2.75, 3.05) is 11.9 Å². The van der Waals surface area contributed by atoms with Crippen molar-refractivity contribution in [3.8, 4) is 5.75 Å². The Hall–Kier alpha value is -2.57. The van der Waals surface area contributed by atoms with Crippen LogP contribution in [0, 0.1) is 12.8 Å². The molecule has 158 valence electrons. The third kappa shape index (κ3) is 7.40. The Morgan fingerprint density at radius 1 is 1.07 bits per heavy atom. The molecule has 29 heavy (non-hydrogen) atoms. The van der Waals surface area contributed by atoms with E-state index in [4.69, 9.17) is 10.5 Å². The molecule has 2 aromatic rings. The number of benzene rings is 2. The number of ether oxygens (including phenoxy) is 1. The standard InChI is InChI=1S/C22H29N3O3.ClH/c1-14(2)21(23)22(27)24-13-20(26)25-19-11-10-18(12-15(19)3)28-16(4)17-8-6-5-7-9-17;/h5-12,14,16,21H,13,23H2,1-4H3,(H,24,27)(H,25,26);1H/t16?,21-;/m0./s1. The summed E-state index contributed by atoms with van der Waals surface area (Å²) in [6.07, 6.45) is -0.0820. The number of carbonyl (C=O) groups excluding carboxylic acids is 2. The van der Waals surface area contributed by atoms with Crippen LogP contribution < -0.4 is 21.1 Å². The van der Waals surface area contributed by atoms with Crippen molar-refractivity contribution >= 4 is 29.9 Å². The van der Waals surface area contributed by atoms with E-state index in [0.717, 1.165) is 16.9 Å². The minimum absolute atomic E-state index is 0. The van der Waals surface area contributed by atoms with E-state index in [2.05, 4.69) is 10.6 Å². The quantitative estimate of drug-likeness (QED) is 0.609. The normalized spacial score (nSPS) is 12.5. The summed E-state index contributed by atoms with van der Waals surface area (Å²) >= 11 is 0. The highest BCUT2D eigenvalue weighted by Crippen LogP contribution is 2.26. The van der Waals surface area contributed by atoms with Crippen molar-refractivity contribution in [2.45, 2.75) is 39.8 Å². The van der Waals surface area contributed by atoms with E-state index in [-0.39, 0.29) is 42.8 Å². The highest BCUT2D eigenvalue weighted by atomic mass is 35.5. The maximum Gasteiger partial charge on any atom is 0.243 e. The number of aryl methyl sites for hydroxylation is 1. The molecule has 0 saturated heterocycles. The molecule has 6 nitrogen and oxygen atoms in total. The van der Waals surface area contributed by atoms with Gasteiger partial charge in [0.2, 0.25) is 11.8 Å². The molecule has 0 aliphatic rings. The second-order valence-corrected chi connectivity index (χ2v) is 7.18. The van der Waals surface area contributed by atoms with Crippen molar-refractivity contribution in [3.05, 3.63) is 59.7 Å². The lowest BCUT2D eigenvalue weighted by molar-refractivity contribution is -0.125. The van der Waals surface area contributed by atoms with Crippen LogP contribution >= 0.6 is 12.4 Å². The van der Waals surface area contributed by atoms with Gasteiger partial charge in [0.25, 0.3) is 0 Å². The molecular weight excluding hydrogens is 390 g/mol. The van der Waals surface area contributed by atoms with Crippen molar-refractivity contribution in [3.63, 3.8) is 0 Å². The first-order valence-corrected chi connectivity index (χ1v) is 9.43. The van der Waals surface area contributed by atoms with Gasteiger partial charge >= 0.3 is 0 Å². The number of rotatable bonds is 8. The van der Waals surface area contributed by atoms with Gasteiger partial charge in [0.1, 0.15) is 11.9 Å². The molecule has 0 fully saturated rings. The Labute approximate surface area is 178 Å². The summed E-state index contributed by atoms with van der Waals surface area (Å²) in [7, 11) is 0. The van der Waals surface area contributed by atoms with Gasteiger partial charge in [-0.05, 0) is 49.1 Å². The molecule has 0 bridgehead atoms. The lowest BCUT2D eigenvalue weighted by Crippen LogP contribution is -2.46. The summed E-state index contributed by atoms with van der Waals surface area (Å²) in [5.74, 6) is 0.0958. The van der Waals surface area contributed by atoms with Gasteiger partial charge in [-0.15, -0.1) is 12.4 Å². The molecule has 2 atom stereocenters. The fourth-order valence-corrected chi connectivity index (χ4v) is 2.63. The summed E-state index contributed by atoms with van der Waals surface area (Å²) in [6.45, 7) is 7.47. The van der Waals surface area contributed by atoms with E-state index in [1.54, 1.807) is 6.07 Å². The molecule has 0 aliphatic heterocycles. The molecule has 0 radical (unpaired) electrons. The van der Waals surface area contributed by atoms with Crippen LogP contribution in [0.2, 0.25) is 0 Å². The summed E-state index contributed by atoms with van der Waals surface area (Å²) in [6, 6.07) is 14.8. The fourth-order valence-electron chi connectivity index (χ4n) is 2.63. The van der Waals surface area contributed by atoms with E-state index in [1.165, 1.54) is 0 Å². The average Bonchev–Trinajstić information content (AvgIpc) is 2.68. The second kappa shape index (κ2) is 11.4. The van der Waals surface area contributed by atoms with Gasteiger partial charge in [-0.1, -0.05) is 44.2 Å². The third-order valence-corrected chi connectivity index (χ3v) is 4.50. The maximum atomic E-state index is 12.1. The lowest BCUT2D eigenvalue weighted by Gasteiger charge is -2.17. The van der Waals surface area contributed by atoms with Crippen LogP contribution in [-0.4, -0.2) is 24.4 Å². The van der Waals surface area contributed by atoms with Gasteiger partial charge in [-0.2, -0.15) is 0 Å². The predicted octanol–water partition coefficient (Wildman–Crippen LogP) is 3.59. The first kappa shape index (κ1) is 24.5. The topological polar surface area (TPSA) is 93.5 Å². The van der Waals surface area contributed by atoms with Gasteiger partial charge in [-0.25, -0.2) is 0 Å². The van der Waals surface area contributed by atoms with E-state index in [0.29, 0.717) is 5.69 Å². The molecule has 0 aliphatic carbocycles. The Morgan fingerprint density at radius 2 is 1.72 bits per heavy atom. The van der Waals surface area contributed by atoms with Gasteiger partial charge in [0.05, 0.1) is 12.6 Å². The summed E-state index contributed by atoms with van der Waals surface area (Å²) in [4.78, 5) is 24.0. The van der Waals surface area contributed by atoms with Crippen LogP contribution in [0.1, 0.15) is 38.0 Å². The molecule has 2 aromatic carbocycles. The second-order valence-electron chi connectivity index (χ2n) is 7.18. The molecule has 0 saturated carbocycles. The average molecular weight is 420 g/mol. The number of hydrogen-bond donors (Lipinski definition) is 3. The number of nitrogens with two attached hydrogens (primary N) is 1. The smallest absolute Gasteiger partial charge is 0.243 e. The Morgan fingerprint density at radius 3 is 2.31 bits per heavy atom. The van der Waals surface area contributed by atoms with Gasteiger partial charge in [0.15, 0.2) is 0 Å². The van der Waals surface area contributed by atoms with Crippen molar-refractivity contribution < 1.29 is 14.3 Å². The summed E-state index contributed by atoms with van der Waals surface area (Å²) in [5.41, 5.74) is 8.40. The van der Waals surface area contributed by atoms with Crippen LogP contribution in [0.3, 0.4) is 0 Å². The van der Waals surface area contributed by atoms with E-state index in [1.807, 2.05) is 70.2 Å². The maximum absolute atomic E-state index is 12.1. The summed E-state index contributed by atoms with van der Waals surface area (Å²) < 4.78 is 5.99. The predicted molar refractivity (Wildman–Crippen MR) is 118 cm³/mol. The van der Waals surface area contributed by atoms with Crippen LogP contribution in [0.5, 0.6) is 5.75 Å². The van der Waals surface area contributed by atoms with Crippen molar-refractivity contribution in [1.82, 2.24) is 5.32 Å². The molecule has 0 heterocycles. The number of carbonyl (C=O) groups is 2. The van der Waals surface area contributed by atoms with Gasteiger partial charge < -0.3 is 21.1 Å². The lowest BCUT2D eigenvalue weighted by atomic mass is 10.1. The van der Waals surface area contributed by atoms with Gasteiger partial charge in [0, 0.05) is 5.69 Å². The molecule has 2 rings (SSSR count). The largest absolute Gasteiger partial charge is 0.486 e. The molecular formula is C22H30ClN3O3. The number of nitrogens with one attached hydrogen (secondary N) is 2. The molecule has 2 amide bonds. The van der Waals surface area contributed by atoms with Crippen LogP contribution in [0.25, 0.3) is 0 Å². The minimum Gasteiger partial charge on any atom is -0.486 e. The van der Waals surface area contributed by atoms with E-state index >= 15 is 0 Å². The monoisotopic (exact) mass is 419 g/mol. The van der Waals surface area contributed by atoms with Crippen molar-refractivity contribution in [2.24, 2.45) is 11.7 Å². The number of anilines is 1. The number of halogens is 1. The first-order chi connectivity index (χ1) is 13.3. The Balaban J connectivity index is 0.00000420. The zero-order valence-corrected chi connectivity index (χ0v) is 18.1. The summed E-state index contributed by atoms with van der Waals surface area (Å²) in [5, 5.41) is 5.35.